The second-order valence-electron chi connectivity index (χ2n) is 35.0. The molecule has 0 saturated carbocycles. The Morgan fingerprint density at radius 3 is 1.04 bits per heavy atom. The molecule has 788 valence electrons. The van der Waals surface area contributed by atoms with Gasteiger partial charge >= 0.3 is 17.9 Å². The van der Waals surface area contributed by atoms with Gasteiger partial charge in [-0.3, -0.25) is 105 Å². The molecule has 0 spiro atoms. The lowest BCUT2D eigenvalue weighted by Crippen LogP contribution is -2.63. The quantitative estimate of drug-likeness (QED) is 0.0269. The Morgan fingerprint density at radius 2 is 0.650 bits per heavy atom. The van der Waals surface area contributed by atoms with Gasteiger partial charge in [-0.2, -0.15) is 0 Å². The van der Waals surface area contributed by atoms with Crippen molar-refractivity contribution in [1.29, 1.82) is 0 Å². The van der Waals surface area contributed by atoms with E-state index in [1.807, 2.05) is 10.6 Å². The molecule has 0 aliphatic carbocycles. The van der Waals surface area contributed by atoms with E-state index < -0.39 is 340 Å². The molecule has 0 aromatic heterocycles. The van der Waals surface area contributed by atoms with Crippen molar-refractivity contribution >= 4 is 130 Å². The van der Waals surface area contributed by atoms with Crippen molar-refractivity contribution in [3.8, 4) is 0 Å². The molecule has 2 rings (SSSR count). The fraction of sp³-hybridized carbons (Fsp3) is 0.674. The number of aliphatic hydroxyl groups excluding tert-OH is 7. The molecule has 1 aliphatic heterocycles. The van der Waals surface area contributed by atoms with Crippen LogP contribution in [-0.4, -0.2) is 372 Å². The first-order valence-corrected chi connectivity index (χ1v) is 45.7. The van der Waals surface area contributed by atoms with Crippen LogP contribution in [0.2, 0.25) is 0 Å². The van der Waals surface area contributed by atoms with Gasteiger partial charge in [0.1, 0.15) is 115 Å². The number of carboxylic acid groups (broad SMARTS) is 3. The lowest BCUT2D eigenvalue weighted by molar-refractivity contribution is -0.143. The minimum Gasteiger partial charge on any atom is -0.481 e. The third kappa shape index (κ3) is 41.3. The van der Waals surface area contributed by atoms with Gasteiger partial charge in [-0.25, -0.2) is 0 Å². The smallest absolute Gasteiger partial charge is 0.325 e. The zero-order valence-corrected chi connectivity index (χ0v) is 80.3. The van der Waals surface area contributed by atoms with Gasteiger partial charge in [-0.1, -0.05) is 92.1 Å². The first-order chi connectivity index (χ1) is 65.7. The highest BCUT2D eigenvalue weighted by Gasteiger charge is 2.44. The second-order valence-corrected chi connectivity index (χ2v) is 35.0. The van der Waals surface area contributed by atoms with Crippen molar-refractivity contribution in [1.82, 2.24) is 101 Å². The number of hydrogen-bond acceptors (Lipinski definition) is 32. The predicted octanol–water partition coefficient (Wildman–Crippen LogP) is -13.0. The van der Waals surface area contributed by atoms with E-state index in [1.54, 1.807) is 44.2 Å². The van der Waals surface area contributed by atoms with Crippen LogP contribution in [0.25, 0.3) is 0 Å². The molecule has 0 bridgehead atoms. The number of amides is 19. The molecule has 1 aromatic carbocycles. The summed E-state index contributed by atoms with van der Waals surface area (Å²) in [6.07, 6.45) is -2.56. The molecule has 0 unspecified atom stereocenters. The van der Waals surface area contributed by atoms with Crippen molar-refractivity contribution in [2.75, 3.05) is 59.3 Å². The highest BCUT2D eigenvalue weighted by Crippen LogP contribution is 2.22. The lowest BCUT2D eigenvalue weighted by atomic mass is 10.00. The van der Waals surface area contributed by atoms with Gasteiger partial charge in [0, 0.05) is 19.4 Å². The molecule has 140 heavy (non-hydrogen) atoms. The highest BCUT2D eigenvalue weighted by molar-refractivity contribution is 6.03. The van der Waals surface area contributed by atoms with Gasteiger partial charge in [0.2, 0.25) is 112 Å². The molecular formula is C86H142N22O32. The van der Waals surface area contributed by atoms with Gasteiger partial charge in [-0.15, -0.1) is 0 Å². The van der Waals surface area contributed by atoms with Crippen LogP contribution >= 0.6 is 0 Å². The number of carboxylic acids is 3. The largest absolute Gasteiger partial charge is 0.481 e. The van der Waals surface area contributed by atoms with Gasteiger partial charge in [0.25, 0.3) is 0 Å². The first kappa shape index (κ1) is 123. The van der Waals surface area contributed by atoms with Crippen LogP contribution in [0.15, 0.2) is 30.3 Å². The van der Waals surface area contributed by atoms with Crippen LogP contribution in [0.4, 0.5) is 0 Å². The summed E-state index contributed by atoms with van der Waals surface area (Å²) in [7, 11) is 0. The summed E-state index contributed by atoms with van der Waals surface area (Å²) in [5, 5.41) is 142. The summed E-state index contributed by atoms with van der Waals surface area (Å²) in [4.78, 5) is 297. The summed E-state index contributed by atoms with van der Waals surface area (Å²) in [6.45, 7) is 9.62. The van der Waals surface area contributed by atoms with E-state index in [4.69, 9.17) is 22.3 Å². The van der Waals surface area contributed by atoms with E-state index >= 15 is 0 Å². The number of aliphatic hydroxyl groups is 7. The molecule has 1 aromatic rings. The average molecular weight is 2000 g/mol. The molecule has 54 nitrogen and oxygen atoms in total. The van der Waals surface area contributed by atoms with Crippen molar-refractivity contribution in [3.63, 3.8) is 0 Å². The fourth-order valence-electron chi connectivity index (χ4n) is 13.7. The summed E-state index contributed by atoms with van der Waals surface area (Å²) >= 11 is 0. The van der Waals surface area contributed by atoms with E-state index in [2.05, 4.69) is 85.1 Å². The standard InChI is InChI=1S/C86H142N22O32/c1-39(2)62(80(133)91-44(10)68(121)97-53(33-109)74(127)95-52(32-61(118)119)71(124)92-45(11)86(139)140)106-84(137)66(46(12)115)107-83(136)65(42(7)8)105-77(130)57(37-113)98-67(120)43(9)90-79(132)59-25-20-30-108(59)85(138)50(24-17-19-29-88)94-73(126)54(34-110)100-72(125)51(31-47-21-14-13-15-22-47)96-82(135)64(41(5)6)104-78(131)58(38-114)102-76(129)56(36-112)101-75(128)55(35-111)99-70(123)49(26-27-60(116)117)93-81(134)63(40(3)4)103-69(122)48(89)23-16-18-28-87/h13-15,21-22,39-46,48-59,62-66,109-115H,16-20,23-38,87-89H2,1-12H3,(H,90,132)(H,91,133)(H,92,124)(H,93,134)(H,94,126)(H,95,127)(H,96,135)(H,97,121)(H,98,120)(H,99,123)(H,100,125)(H,101,128)(H,102,129)(H,103,122)(H,104,131)(H,105,130)(H,106,137)(H,107,136)(H,116,117)(H,118,119)(H,139,140)/t43-,44-,45-,46+,48-,49-,50-,51-,52-,53-,54-,55-,56-,57-,58-,59-,62-,63-,64-,65-,66-/m0/s1. The van der Waals surface area contributed by atoms with Gasteiger partial charge < -0.3 is 169 Å². The molecule has 1 saturated heterocycles. The van der Waals surface area contributed by atoms with Crippen LogP contribution < -0.4 is 113 Å². The summed E-state index contributed by atoms with van der Waals surface area (Å²) in [5.41, 5.74) is 17.8. The number of carbonyl (C=O) groups is 22. The second kappa shape index (κ2) is 62.3. The van der Waals surface area contributed by atoms with Crippen LogP contribution in [0.3, 0.4) is 0 Å². The van der Waals surface area contributed by atoms with Crippen molar-refractivity contribution in [3.05, 3.63) is 35.9 Å². The normalized spacial score (nSPS) is 16.7. The van der Waals surface area contributed by atoms with E-state index in [-0.39, 0.29) is 51.6 Å². The highest BCUT2D eigenvalue weighted by atomic mass is 16.4. The molecule has 34 N–H and O–H groups in total. The number of nitrogens with zero attached hydrogens (tertiary/aromatic N) is 1. The van der Waals surface area contributed by atoms with Crippen LogP contribution in [0.1, 0.15) is 159 Å². The Labute approximate surface area is 807 Å². The topological polar surface area (TPSA) is 876 Å². The van der Waals surface area contributed by atoms with Crippen LogP contribution in [0, 0.1) is 23.7 Å². The maximum atomic E-state index is 14.7. The molecule has 1 heterocycles. The Bertz CT molecular complexity index is 4380. The Morgan fingerprint density at radius 1 is 0.336 bits per heavy atom. The van der Waals surface area contributed by atoms with Crippen molar-refractivity contribution in [2.24, 2.45) is 40.9 Å². The van der Waals surface area contributed by atoms with E-state index in [1.165, 1.54) is 48.5 Å². The molecule has 1 aliphatic rings. The van der Waals surface area contributed by atoms with Crippen LogP contribution in [-0.2, 0) is 112 Å². The number of likely N-dealkylation sites (tertiary alicyclic amines) is 1. The summed E-state index contributed by atoms with van der Waals surface area (Å²) in [5.74, 6) is -28.8. The average Bonchev–Trinajstić information content (AvgIpc) is 1.66. The summed E-state index contributed by atoms with van der Waals surface area (Å²) in [6, 6.07) is -25.3. The number of aliphatic carboxylic acids is 3. The van der Waals surface area contributed by atoms with Crippen molar-refractivity contribution in [2.45, 2.75) is 287 Å². The number of nitrogens with one attached hydrogen (secondary N) is 18. The number of unbranched alkanes of at least 4 members (excludes halogenated alkanes) is 2. The third-order valence-corrected chi connectivity index (χ3v) is 22.1. The van der Waals surface area contributed by atoms with Gasteiger partial charge in [0.05, 0.1) is 58.2 Å². The Kier molecular flexibility index (Phi) is 54.8. The summed E-state index contributed by atoms with van der Waals surface area (Å²) < 4.78 is 0. The maximum Gasteiger partial charge on any atom is 0.325 e. The predicted molar refractivity (Wildman–Crippen MR) is 491 cm³/mol. The zero-order chi connectivity index (χ0) is 106. The lowest BCUT2D eigenvalue weighted by Gasteiger charge is -2.31. The minimum atomic E-state index is -2.01. The molecule has 21 atom stereocenters. The molecule has 1 fully saturated rings. The first-order valence-electron chi connectivity index (χ1n) is 45.7. The Balaban J connectivity index is 2.29. The number of hydrogen-bond donors (Lipinski definition) is 31. The Hall–Kier alpha value is -12.8. The van der Waals surface area contributed by atoms with E-state index in [9.17, 15) is 151 Å². The van der Waals surface area contributed by atoms with Crippen molar-refractivity contribution < 1.29 is 157 Å². The number of nitrogens with two attached hydrogens (primary N) is 3. The molecule has 0 radical (unpaired) electrons. The molecule has 19 amide bonds. The van der Waals surface area contributed by atoms with E-state index in [0.29, 0.717) is 31.4 Å². The fourth-order valence-corrected chi connectivity index (χ4v) is 13.7. The zero-order valence-electron chi connectivity index (χ0n) is 80.3. The monoisotopic (exact) mass is 2000 g/mol. The maximum absolute atomic E-state index is 14.7. The molecular weight excluding hydrogens is 1850 g/mol. The minimum absolute atomic E-state index is 0.00314. The van der Waals surface area contributed by atoms with Gasteiger partial charge in [0.15, 0.2) is 0 Å². The van der Waals surface area contributed by atoms with E-state index in [0.717, 1.165) is 25.7 Å². The number of carbonyl (C=O) groups excluding carboxylic acids is 19. The number of rotatable bonds is 64. The third-order valence-electron chi connectivity index (χ3n) is 22.1. The van der Waals surface area contributed by atoms with Gasteiger partial charge in [-0.05, 0) is 121 Å². The SMILES string of the molecule is CC(C)[C@H](NC(=O)[C@H](CO)NC(=O)[C@H](CO)NC(=O)[C@H](CO)NC(=O)[C@H](CCC(=O)O)NC(=O)[C@@H](NC(=O)[C@@H](N)CCCCN)C(C)C)C(=O)N[C@@H](Cc1ccccc1)C(=O)N[C@@H](CO)C(=O)N[C@@H](CCCCN)C(=O)N1CCC[C@H]1C(=O)N[C@@H](C)C(=O)N[C@@H](CO)C(=O)N[C@H](C(=O)N[C@H](C(=O)N[C@H](C(=O)N[C@@H](C)C(=O)N[C@@H](CO)C(=O)N[C@@H](CC(=O)O)C(=O)N[C@@H](C)C(=O)O)C(C)C)[C@@H](C)O)C(C)C. The number of benzene rings is 1. The van der Waals surface area contributed by atoms with Crippen LogP contribution in [0.5, 0.6) is 0 Å². The molecule has 54 heteroatoms.